The monoisotopic (exact) mass is 267 g/mol. The lowest BCUT2D eigenvalue weighted by Gasteiger charge is -2.11. The topological polar surface area (TPSA) is 68.0 Å². The number of carbonyl (C=O) groups excluding carboxylic acids is 1. The van der Waals surface area contributed by atoms with E-state index < -0.39 is 0 Å². The smallest absolute Gasteiger partial charge is 0.224 e. The molecule has 2 aromatic rings. The molecule has 20 heavy (non-hydrogen) atoms. The highest BCUT2D eigenvalue weighted by Gasteiger charge is 2.26. The first kappa shape index (κ1) is 12.7. The van der Waals surface area contributed by atoms with Gasteiger partial charge in [-0.1, -0.05) is 30.3 Å². The largest absolute Gasteiger partial charge is 0.383 e. The number of nitrogen functional groups attached to an aromatic ring is 1. The van der Waals surface area contributed by atoms with Crippen molar-refractivity contribution >= 4 is 11.7 Å². The predicted molar refractivity (Wildman–Crippen MR) is 77.8 cm³/mol. The minimum atomic E-state index is 0.0327. The van der Waals surface area contributed by atoms with Gasteiger partial charge in [-0.05, 0) is 30.0 Å². The number of fused-ring (bicyclic) bond motifs is 1. The summed E-state index contributed by atoms with van der Waals surface area (Å²) >= 11 is 0. The minimum Gasteiger partial charge on any atom is -0.383 e. The van der Waals surface area contributed by atoms with Gasteiger partial charge < -0.3 is 11.1 Å². The van der Waals surface area contributed by atoms with Crippen LogP contribution in [-0.2, 0) is 24.2 Å². The van der Waals surface area contributed by atoms with Gasteiger partial charge in [-0.15, -0.1) is 0 Å². The van der Waals surface area contributed by atoms with E-state index in [4.69, 9.17) is 5.73 Å². The molecule has 1 aliphatic rings. The summed E-state index contributed by atoms with van der Waals surface area (Å²) in [4.78, 5) is 16.2. The van der Waals surface area contributed by atoms with E-state index in [0.29, 0.717) is 12.4 Å². The van der Waals surface area contributed by atoms with Crippen molar-refractivity contribution in [2.45, 2.75) is 19.4 Å². The Labute approximate surface area is 118 Å². The molecular formula is C16H17N3O. The molecule has 1 aromatic heterocycles. The van der Waals surface area contributed by atoms with E-state index in [1.54, 1.807) is 6.20 Å². The van der Waals surface area contributed by atoms with Gasteiger partial charge in [-0.25, -0.2) is 4.98 Å². The van der Waals surface area contributed by atoms with Crippen molar-refractivity contribution in [3.63, 3.8) is 0 Å². The Hall–Kier alpha value is -2.36. The number of nitrogens with zero attached hydrogens (tertiary/aromatic N) is 1. The second kappa shape index (κ2) is 5.33. The molecule has 1 aromatic carbocycles. The Balaban J connectivity index is 1.61. The summed E-state index contributed by atoms with van der Waals surface area (Å²) < 4.78 is 0. The fraction of sp³-hybridized carbons (Fsp3) is 0.250. The molecule has 0 spiro atoms. The first-order valence-electron chi connectivity index (χ1n) is 6.78. The van der Waals surface area contributed by atoms with Crippen molar-refractivity contribution in [3.05, 3.63) is 59.3 Å². The first-order valence-corrected chi connectivity index (χ1v) is 6.78. The van der Waals surface area contributed by atoms with Crippen LogP contribution >= 0.6 is 0 Å². The lowest BCUT2D eigenvalue weighted by atomic mass is 10.1. The van der Waals surface area contributed by atoms with Crippen LogP contribution in [0.15, 0.2) is 42.6 Å². The molecule has 0 fully saturated rings. The Morgan fingerprint density at radius 2 is 1.90 bits per heavy atom. The molecule has 3 N–H and O–H groups in total. The quantitative estimate of drug-likeness (QED) is 0.889. The van der Waals surface area contributed by atoms with Crippen LogP contribution in [-0.4, -0.2) is 10.9 Å². The van der Waals surface area contributed by atoms with Gasteiger partial charge in [0.25, 0.3) is 0 Å². The van der Waals surface area contributed by atoms with Crippen LogP contribution in [0.25, 0.3) is 0 Å². The molecule has 4 heteroatoms. The number of pyridine rings is 1. The number of hydrogen-bond donors (Lipinski definition) is 2. The fourth-order valence-corrected chi connectivity index (χ4v) is 2.67. The molecule has 0 radical (unpaired) electrons. The normalized spacial score (nSPS) is 14.0. The number of hydrogen-bond acceptors (Lipinski definition) is 3. The van der Waals surface area contributed by atoms with Gasteiger partial charge in [0, 0.05) is 24.2 Å². The summed E-state index contributed by atoms with van der Waals surface area (Å²) in [6.07, 6.45) is 3.29. The molecule has 0 saturated carbocycles. The standard InChI is InChI=1S/C16H17N3O/c17-15-13(6-3-7-18-15)10-19-16(20)14-8-11-4-1-2-5-12(11)9-14/h1-7,14H,8-10H2,(H2,17,18)(H,19,20). The molecule has 1 aliphatic carbocycles. The highest BCUT2D eigenvalue weighted by molar-refractivity contribution is 5.80. The SMILES string of the molecule is Nc1ncccc1CNC(=O)C1Cc2ccccc2C1. The van der Waals surface area contributed by atoms with Crippen molar-refractivity contribution in [3.8, 4) is 0 Å². The molecule has 0 bridgehead atoms. The third kappa shape index (κ3) is 2.50. The van der Waals surface area contributed by atoms with Crippen LogP contribution in [0.2, 0.25) is 0 Å². The van der Waals surface area contributed by atoms with E-state index in [9.17, 15) is 4.79 Å². The molecule has 0 saturated heterocycles. The number of nitrogens with two attached hydrogens (primary N) is 1. The van der Waals surface area contributed by atoms with Crippen LogP contribution in [0.1, 0.15) is 16.7 Å². The van der Waals surface area contributed by atoms with Gasteiger partial charge in [0.05, 0.1) is 0 Å². The maximum Gasteiger partial charge on any atom is 0.224 e. The van der Waals surface area contributed by atoms with Gasteiger partial charge in [-0.3, -0.25) is 4.79 Å². The van der Waals surface area contributed by atoms with Crippen molar-refractivity contribution in [1.82, 2.24) is 10.3 Å². The Morgan fingerprint density at radius 3 is 2.55 bits per heavy atom. The number of aromatic nitrogens is 1. The van der Waals surface area contributed by atoms with Crippen molar-refractivity contribution in [2.75, 3.05) is 5.73 Å². The molecule has 1 heterocycles. The summed E-state index contributed by atoms with van der Waals surface area (Å²) in [5.41, 5.74) is 9.20. The average Bonchev–Trinajstić information content (AvgIpc) is 2.90. The molecule has 0 unspecified atom stereocenters. The zero-order chi connectivity index (χ0) is 13.9. The predicted octanol–water partition coefficient (Wildman–Crippen LogP) is 1.69. The molecule has 0 atom stereocenters. The van der Waals surface area contributed by atoms with Crippen molar-refractivity contribution in [1.29, 1.82) is 0 Å². The fourth-order valence-electron chi connectivity index (χ4n) is 2.67. The third-order valence-corrected chi connectivity index (χ3v) is 3.80. The lowest BCUT2D eigenvalue weighted by Crippen LogP contribution is -2.31. The highest BCUT2D eigenvalue weighted by Crippen LogP contribution is 2.26. The van der Waals surface area contributed by atoms with E-state index in [1.165, 1.54) is 11.1 Å². The maximum absolute atomic E-state index is 12.2. The number of benzene rings is 1. The van der Waals surface area contributed by atoms with Crippen LogP contribution in [0, 0.1) is 5.92 Å². The maximum atomic E-state index is 12.2. The van der Waals surface area contributed by atoms with Gasteiger partial charge in [0.2, 0.25) is 5.91 Å². The van der Waals surface area contributed by atoms with Gasteiger partial charge in [-0.2, -0.15) is 0 Å². The van der Waals surface area contributed by atoms with Crippen LogP contribution in [0.5, 0.6) is 0 Å². The third-order valence-electron chi connectivity index (χ3n) is 3.80. The van der Waals surface area contributed by atoms with Crippen molar-refractivity contribution in [2.24, 2.45) is 5.92 Å². The van der Waals surface area contributed by atoms with E-state index in [-0.39, 0.29) is 11.8 Å². The summed E-state index contributed by atoms with van der Waals surface area (Å²) in [5, 5.41) is 2.96. The number of nitrogens with one attached hydrogen (secondary N) is 1. The number of amides is 1. The highest BCUT2D eigenvalue weighted by atomic mass is 16.1. The zero-order valence-electron chi connectivity index (χ0n) is 11.2. The summed E-state index contributed by atoms with van der Waals surface area (Å²) in [6.45, 7) is 0.436. The number of rotatable bonds is 3. The molecule has 4 nitrogen and oxygen atoms in total. The van der Waals surface area contributed by atoms with E-state index in [2.05, 4.69) is 22.4 Å². The second-order valence-electron chi connectivity index (χ2n) is 5.14. The van der Waals surface area contributed by atoms with E-state index in [1.807, 2.05) is 24.3 Å². The first-order chi connectivity index (χ1) is 9.74. The summed E-state index contributed by atoms with van der Waals surface area (Å²) in [7, 11) is 0. The van der Waals surface area contributed by atoms with Crippen LogP contribution in [0.3, 0.4) is 0 Å². The summed E-state index contributed by atoms with van der Waals surface area (Å²) in [5.74, 6) is 0.595. The minimum absolute atomic E-state index is 0.0327. The Kier molecular flexibility index (Phi) is 3.37. The van der Waals surface area contributed by atoms with E-state index in [0.717, 1.165) is 18.4 Å². The second-order valence-corrected chi connectivity index (χ2v) is 5.14. The molecule has 3 rings (SSSR count). The van der Waals surface area contributed by atoms with Gasteiger partial charge >= 0.3 is 0 Å². The van der Waals surface area contributed by atoms with Gasteiger partial charge in [0.15, 0.2) is 0 Å². The van der Waals surface area contributed by atoms with Crippen molar-refractivity contribution < 1.29 is 4.79 Å². The van der Waals surface area contributed by atoms with Gasteiger partial charge in [0.1, 0.15) is 5.82 Å². The molecular weight excluding hydrogens is 250 g/mol. The average molecular weight is 267 g/mol. The van der Waals surface area contributed by atoms with E-state index >= 15 is 0 Å². The van der Waals surface area contributed by atoms with Crippen LogP contribution in [0.4, 0.5) is 5.82 Å². The zero-order valence-corrected chi connectivity index (χ0v) is 11.2. The molecule has 102 valence electrons. The van der Waals surface area contributed by atoms with Crippen LogP contribution < -0.4 is 11.1 Å². The Morgan fingerprint density at radius 1 is 1.20 bits per heavy atom. The molecule has 1 amide bonds. The molecule has 0 aliphatic heterocycles. The number of carbonyl (C=O) groups is 1. The lowest BCUT2D eigenvalue weighted by molar-refractivity contribution is -0.124. The Bertz CT molecular complexity index is 614. The number of anilines is 1. The summed E-state index contributed by atoms with van der Waals surface area (Å²) in [6, 6.07) is 11.9.